The van der Waals surface area contributed by atoms with Crippen molar-refractivity contribution in [3.8, 4) is 11.8 Å². The Kier molecular flexibility index (Phi) is 4.19. The molecule has 0 saturated carbocycles. The van der Waals surface area contributed by atoms with E-state index in [-0.39, 0.29) is 6.04 Å². The Labute approximate surface area is 97.3 Å². The van der Waals surface area contributed by atoms with Gasteiger partial charge < -0.3 is 9.64 Å². The van der Waals surface area contributed by atoms with Crippen molar-refractivity contribution >= 4 is 5.69 Å². The van der Waals surface area contributed by atoms with Crippen molar-refractivity contribution in [1.82, 2.24) is 0 Å². The largest absolute Gasteiger partial charge is 0.494 e. The Bertz CT molecular complexity index is 395. The number of nitrogens with zero attached hydrogens (tertiary/aromatic N) is 2. The van der Waals surface area contributed by atoms with Crippen LogP contribution in [0.5, 0.6) is 5.75 Å². The standard InChI is InChI=1S/C13H18N2O/c1-5-16-13-7-6-12(8-10(13)2)15(4)11(3)9-14/h6-8,11H,5H2,1-4H3. The maximum atomic E-state index is 8.86. The summed E-state index contributed by atoms with van der Waals surface area (Å²) in [6.45, 7) is 6.53. The fourth-order valence-corrected chi connectivity index (χ4v) is 1.48. The van der Waals surface area contributed by atoms with Crippen LogP contribution >= 0.6 is 0 Å². The van der Waals surface area contributed by atoms with Crippen molar-refractivity contribution in [2.24, 2.45) is 0 Å². The van der Waals surface area contributed by atoms with E-state index in [2.05, 4.69) is 6.07 Å². The minimum absolute atomic E-state index is 0.127. The highest BCUT2D eigenvalue weighted by Gasteiger charge is 2.10. The number of rotatable bonds is 4. The van der Waals surface area contributed by atoms with Gasteiger partial charge in [0, 0.05) is 12.7 Å². The molecule has 1 rings (SSSR count). The third-order valence-corrected chi connectivity index (χ3v) is 2.63. The molecule has 86 valence electrons. The molecule has 1 atom stereocenters. The summed E-state index contributed by atoms with van der Waals surface area (Å²) < 4.78 is 5.47. The van der Waals surface area contributed by atoms with Gasteiger partial charge in [0.2, 0.25) is 0 Å². The zero-order chi connectivity index (χ0) is 12.1. The van der Waals surface area contributed by atoms with Crippen LogP contribution in [0.4, 0.5) is 5.69 Å². The van der Waals surface area contributed by atoms with Crippen molar-refractivity contribution in [1.29, 1.82) is 5.26 Å². The van der Waals surface area contributed by atoms with Gasteiger partial charge in [0.05, 0.1) is 12.7 Å². The lowest BCUT2D eigenvalue weighted by Gasteiger charge is -2.22. The first-order valence-corrected chi connectivity index (χ1v) is 5.46. The van der Waals surface area contributed by atoms with Crippen molar-refractivity contribution in [2.45, 2.75) is 26.8 Å². The SMILES string of the molecule is CCOc1ccc(N(C)C(C)C#N)cc1C. The predicted octanol–water partition coefficient (Wildman–Crippen LogP) is 2.74. The molecule has 0 fully saturated rings. The molecule has 0 aliphatic carbocycles. The third kappa shape index (κ3) is 2.66. The van der Waals surface area contributed by atoms with E-state index in [4.69, 9.17) is 10.00 Å². The summed E-state index contributed by atoms with van der Waals surface area (Å²) >= 11 is 0. The molecule has 1 aromatic rings. The monoisotopic (exact) mass is 218 g/mol. The molecule has 0 bridgehead atoms. The Morgan fingerprint density at radius 2 is 2.19 bits per heavy atom. The minimum atomic E-state index is -0.127. The number of benzene rings is 1. The van der Waals surface area contributed by atoms with E-state index >= 15 is 0 Å². The Balaban J connectivity index is 2.93. The Hall–Kier alpha value is -1.69. The van der Waals surface area contributed by atoms with E-state index in [1.54, 1.807) is 0 Å². The number of aryl methyl sites for hydroxylation is 1. The smallest absolute Gasteiger partial charge is 0.122 e. The van der Waals surface area contributed by atoms with Gasteiger partial charge in [0.1, 0.15) is 11.8 Å². The summed E-state index contributed by atoms with van der Waals surface area (Å²) in [4.78, 5) is 1.95. The zero-order valence-corrected chi connectivity index (χ0v) is 10.3. The number of nitriles is 1. The molecule has 0 aliphatic heterocycles. The van der Waals surface area contributed by atoms with Crippen molar-refractivity contribution in [2.75, 3.05) is 18.6 Å². The molecular formula is C13H18N2O. The maximum absolute atomic E-state index is 8.86. The first kappa shape index (κ1) is 12.4. The van der Waals surface area contributed by atoms with Gasteiger partial charge in [0.25, 0.3) is 0 Å². The quantitative estimate of drug-likeness (QED) is 0.779. The van der Waals surface area contributed by atoms with E-state index in [1.165, 1.54) is 0 Å². The van der Waals surface area contributed by atoms with Crippen LogP contribution in [-0.2, 0) is 0 Å². The Morgan fingerprint density at radius 1 is 1.50 bits per heavy atom. The van der Waals surface area contributed by atoms with E-state index < -0.39 is 0 Å². The number of hydrogen-bond acceptors (Lipinski definition) is 3. The van der Waals surface area contributed by atoms with E-state index in [9.17, 15) is 0 Å². The van der Waals surface area contributed by atoms with Gasteiger partial charge in [-0.3, -0.25) is 0 Å². The molecule has 16 heavy (non-hydrogen) atoms. The van der Waals surface area contributed by atoms with Gasteiger partial charge in [-0.15, -0.1) is 0 Å². The molecule has 0 saturated heterocycles. The highest BCUT2D eigenvalue weighted by Crippen LogP contribution is 2.24. The van der Waals surface area contributed by atoms with E-state index in [0.717, 1.165) is 17.0 Å². The average Bonchev–Trinajstić information content (AvgIpc) is 2.30. The molecule has 3 heteroatoms. The lowest BCUT2D eigenvalue weighted by Crippen LogP contribution is -2.27. The minimum Gasteiger partial charge on any atom is -0.494 e. The molecule has 1 aromatic carbocycles. The van der Waals surface area contributed by atoms with Gasteiger partial charge in [-0.05, 0) is 44.5 Å². The lowest BCUT2D eigenvalue weighted by molar-refractivity contribution is 0.338. The summed E-state index contributed by atoms with van der Waals surface area (Å²) in [5, 5.41) is 8.86. The number of hydrogen-bond donors (Lipinski definition) is 0. The summed E-state index contributed by atoms with van der Waals surface area (Å²) in [5.41, 5.74) is 2.13. The van der Waals surface area contributed by atoms with E-state index in [0.29, 0.717) is 6.61 Å². The summed E-state index contributed by atoms with van der Waals surface area (Å²) in [6, 6.07) is 8.06. The van der Waals surface area contributed by atoms with Crippen LogP contribution < -0.4 is 9.64 Å². The number of ether oxygens (including phenoxy) is 1. The average molecular weight is 218 g/mol. The van der Waals surface area contributed by atoms with Gasteiger partial charge in [-0.25, -0.2) is 0 Å². The topological polar surface area (TPSA) is 36.3 Å². The predicted molar refractivity (Wildman–Crippen MR) is 65.8 cm³/mol. The highest BCUT2D eigenvalue weighted by atomic mass is 16.5. The fraction of sp³-hybridized carbons (Fsp3) is 0.462. The second-order valence-electron chi connectivity index (χ2n) is 3.80. The van der Waals surface area contributed by atoms with Gasteiger partial charge in [-0.1, -0.05) is 0 Å². The van der Waals surface area contributed by atoms with Crippen molar-refractivity contribution in [3.05, 3.63) is 23.8 Å². The fourth-order valence-electron chi connectivity index (χ4n) is 1.48. The van der Waals surface area contributed by atoms with Gasteiger partial charge in [-0.2, -0.15) is 5.26 Å². The normalized spacial score (nSPS) is 11.7. The third-order valence-electron chi connectivity index (χ3n) is 2.63. The molecule has 0 radical (unpaired) electrons. The first-order chi connectivity index (χ1) is 7.60. The van der Waals surface area contributed by atoms with Crippen molar-refractivity contribution in [3.63, 3.8) is 0 Å². The molecule has 1 unspecified atom stereocenters. The molecule has 0 heterocycles. The zero-order valence-electron chi connectivity index (χ0n) is 10.3. The van der Waals surface area contributed by atoms with E-state index in [1.807, 2.05) is 50.9 Å². The molecule has 0 spiro atoms. The second-order valence-corrected chi connectivity index (χ2v) is 3.80. The molecule has 0 aliphatic rings. The van der Waals surface area contributed by atoms with Crippen LogP contribution in [0.25, 0.3) is 0 Å². The molecular weight excluding hydrogens is 200 g/mol. The summed E-state index contributed by atoms with van der Waals surface area (Å²) in [6.07, 6.45) is 0. The van der Waals surface area contributed by atoms with Crippen LogP contribution in [-0.4, -0.2) is 19.7 Å². The molecule has 0 amide bonds. The van der Waals surface area contributed by atoms with Gasteiger partial charge >= 0.3 is 0 Å². The summed E-state index contributed by atoms with van der Waals surface area (Å²) in [7, 11) is 1.92. The van der Waals surface area contributed by atoms with Crippen LogP contribution in [0.1, 0.15) is 19.4 Å². The second kappa shape index (κ2) is 5.41. The first-order valence-electron chi connectivity index (χ1n) is 5.46. The molecule has 0 aromatic heterocycles. The highest BCUT2D eigenvalue weighted by molar-refractivity contribution is 5.53. The van der Waals surface area contributed by atoms with Crippen LogP contribution in [0.2, 0.25) is 0 Å². The Morgan fingerprint density at radius 3 is 2.69 bits per heavy atom. The van der Waals surface area contributed by atoms with Gasteiger partial charge in [0.15, 0.2) is 0 Å². The lowest BCUT2D eigenvalue weighted by atomic mass is 10.1. The molecule has 0 N–H and O–H groups in total. The van der Waals surface area contributed by atoms with Crippen LogP contribution in [0.3, 0.4) is 0 Å². The van der Waals surface area contributed by atoms with Crippen LogP contribution in [0, 0.1) is 18.3 Å². The summed E-state index contributed by atoms with van der Waals surface area (Å²) in [5.74, 6) is 0.907. The number of anilines is 1. The molecule has 3 nitrogen and oxygen atoms in total. The maximum Gasteiger partial charge on any atom is 0.122 e. The van der Waals surface area contributed by atoms with Crippen LogP contribution in [0.15, 0.2) is 18.2 Å². The van der Waals surface area contributed by atoms with Crippen molar-refractivity contribution < 1.29 is 4.74 Å².